The van der Waals surface area contributed by atoms with Gasteiger partial charge in [-0.1, -0.05) is 30.3 Å². The highest BCUT2D eigenvalue weighted by Gasteiger charge is 2.17. The molecule has 182 valence electrons. The van der Waals surface area contributed by atoms with Gasteiger partial charge in [-0.05, 0) is 69.2 Å². The van der Waals surface area contributed by atoms with Gasteiger partial charge in [0.05, 0.1) is 23.3 Å². The molecule has 5 aromatic rings. The van der Waals surface area contributed by atoms with E-state index < -0.39 is 0 Å². The second kappa shape index (κ2) is 9.47. The molecule has 0 unspecified atom stereocenters. The first-order valence-corrected chi connectivity index (χ1v) is 12.5. The van der Waals surface area contributed by atoms with Crippen molar-refractivity contribution in [3.8, 4) is 16.9 Å². The van der Waals surface area contributed by atoms with Gasteiger partial charge in [0.2, 0.25) is 4.80 Å². The number of hydrogen-bond acceptors (Lipinski definition) is 5. The fraction of sp³-hybridized carbons (Fsp3) is 0.179. The molecule has 0 bridgehead atoms. The summed E-state index contributed by atoms with van der Waals surface area (Å²) in [6, 6.07) is 19.6. The van der Waals surface area contributed by atoms with E-state index >= 15 is 0 Å². The Bertz CT molecular complexity index is 1700. The number of nitrogens with zero attached hydrogens (tertiary/aromatic N) is 5. The summed E-state index contributed by atoms with van der Waals surface area (Å²) in [6.45, 7) is 7.99. The highest BCUT2D eigenvalue weighted by Crippen LogP contribution is 2.24. The van der Waals surface area contributed by atoms with E-state index in [1.165, 1.54) is 22.5 Å². The molecular weight excluding hydrogens is 470 g/mol. The van der Waals surface area contributed by atoms with Crippen LogP contribution in [0.4, 0.5) is 5.69 Å². The lowest BCUT2D eigenvalue weighted by molar-refractivity contribution is 0.556. The topological polar surface area (TPSA) is 69.7 Å². The van der Waals surface area contributed by atoms with Crippen LogP contribution in [0.5, 0.6) is 0 Å². The predicted molar refractivity (Wildman–Crippen MR) is 145 cm³/mol. The molecule has 0 aliphatic carbocycles. The molecule has 0 N–H and O–H groups in total. The van der Waals surface area contributed by atoms with Crippen molar-refractivity contribution in [1.82, 2.24) is 14.0 Å². The quantitative estimate of drug-likeness (QED) is 0.291. The van der Waals surface area contributed by atoms with Crippen LogP contribution in [0.1, 0.15) is 29.5 Å². The summed E-state index contributed by atoms with van der Waals surface area (Å²) in [4.78, 5) is 18.9. The fourth-order valence-corrected chi connectivity index (χ4v) is 4.87. The monoisotopic (exact) mass is 497 g/mol. The number of furan rings is 1. The second-order valence-corrected chi connectivity index (χ2v) is 9.54. The van der Waals surface area contributed by atoms with Crippen molar-refractivity contribution in [2.24, 2.45) is 17.1 Å². The van der Waals surface area contributed by atoms with Crippen LogP contribution in [0.25, 0.3) is 16.9 Å². The highest BCUT2D eigenvalue weighted by atomic mass is 32.1. The smallest absolute Gasteiger partial charge is 0.297 e. The molecule has 0 radical (unpaired) electrons. The van der Waals surface area contributed by atoms with Gasteiger partial charge in [0.25, 0.3) is 5.56 Å². The van der Waals surface area contributed by atoms with Crippen molar-refractivity contribution in [3.63, 3.8) is 0 Å². The zero-order valence-corrected chi connectivity index (χ0v) is 21.7. The van der Waals surface area contributed by atoms with Crippen LogP contribution in [0.3, 0.4) is 0 Å². The Labute approximate surface area is 212 Å². The Morgan fingerprint density at radius 3 is 2.44 bits per heavy atom. The van der Waals surface area contributed by atoms with E-state index in [2.05, 4.69) is 32.0 Å². The lowest BCUT2D eigenvalue weighted by Crippen LogP contribution is -2.20. The molecule has 0 spiro atoms. The molecule has 0 saturated heterocycles. The van der Waals surface area contributed by atoms with E-state index in [4.69, 9.17) is 14.5 Å². The molecular formula is C28H27N5O2S. The van der Waals surface area contributed by atoms with Crippen molar-refractivity contribution >= 4 is 22.7 Å². The maximum absolute atomic E-state index is 13.5. The number of benzene rings is 2. The molecule has 36 heavy (non-hydrogen) atoms. The largest absolute Gasteiger partial charge is 0.463 e. The van der Waals surface area contributed by atoms with Crippen LogP contribution in [-0.4, -0.2) is 19.8 Å². The number of para-hydroxylation sites is 1. The van der Waals surface area contributed by atoms with E-state index in [0.717, 1.165) is 22.6 Å². The SMILES string of the molecule is CC(=Nn1c(-c2ccc(C)c(C)c2)csc1=Nc1c(C)n(C)n(-c2ccccc2)c1=O)c1ccco1. The molecule has 0 aliphatic heterocycles. The van der Waals surface area contributed by atoms with Gasteiger partial charge >= 0.3 is 0 Å². The molecule has 0 aliphatic rings. The number of rotatable bonds is 5. The third-order valence-electron chi connectivity index (χ3n) is 6.35. The van der Waals surface area contributed by atoms with Crippen LogP contribution in [0.2, 0.25) is 0 Å². The van der Waals surface area contributed by atoms with Gasteiger partial charge in [0.1, 0.15) is 11.5 Å². The van der Waals surface area contributed by atoms with E-state index in [0.29, 0.717) is 22.0 Å². The number of thiazole rings is 1. The first-order chi connectivity index (χ1) is 17.3. The number of hydrogen-bond donors (Lipinski definition) is 0. The zero-order valence-electron chi connectivity index (χ0n) is 20.9. The van der Waals surface area contributed by atoms with Crippen molar-refractivity contribution in [2.75, 3.05) is 0 Å². The van der Waals surface area contributed by atoms with Crippen LogP contribution < -0.4 is 10.4 Å². The van der Waals surface area contributed by atoms with Crippen molar-refractivity contribution in [1.29, 1.82) is 0 Å². The van der Waals surface area contributed by atoms with Crippen LogP contribution >= 0.6 is 11.3 Å². The standard InChI is InChI=1S/C28H27N5O2S/c1-18-13-14-22(16-19(18)2)24-17-36-28(32(24)30-20(3)25-12-9-15-35-25)29-26-21(4)31(5)33(27(26)34)23-10-7-6-8-11-23/h6-17H,1-5H3. The Balaban J connectivity index is 1.74. The first kappa shape index (κ1) is 23.6. The molecule has 3 heterocycles. The second-order valence-electron chi connectivity index (χ2n) is 8.70. The molecule has 0 atom stereocenters. The summed E-state index contributed by atoms with van der Waals surface area (Å²) in [5.41, 5.74) is 6.80. The van der Waals surface area contributed by atoms with E-state index in [1.807, 2.05) is 73.4 Å². The summed E-state index contributed by atoms with van der Waals surface area (Å²) in [5, 5.41) is 6.90. The summed E-state index contributed by atoms with van der Waals surface area (Å²) in [7, 11) is 1.87. The normalized spacial score (nSPS) is 12.5. The average Bonchev–Trinajstić information content (AvgIpc) is 3.59. The van der Waals surface area contributed by atoms with Gasteiger partial charge in [-0.3, -0.25) is 9.48 Å². The minimum Gasteiger partial charge on any atom is -0.463 e. The van der Waals surface area contributed by atoms with Gasteiger partial charge in [0, 0.05) is 18.0 Å². The summed E-state index contributed by atoms with van der Waals surface area (Å²) in [5.74, 6) is 0.674. The minimum absolute atomic E-state index is 0.180. The number of aryl methyl sites for hydroxylation is 2. The molecule has 2 aromatic carbocycles. The zero-order chi connectivity index (χ0) is 25.4. The molecule has 0 amide bonds. The summed E-state index contributed by atoms with van der Waals surface area (Å²) >= 11 is 1.44. The van der Waals surface area contributed by atoms with Crippen LogP contribution in [0, 0.1) is 20.8 Å². The molecule has 7 nitrogen and oxygen atoms in total. The van der Waals surface area contributed by atoms with Gasteiger partial charge in [-0.15, -0.1) is 11.3 Å². The van der Waals surface area contributed by atoms with E-state index in [9.17, 15) is 4.79 Å². The van der Waals surface area contributed by atoms with E-state index in [-0.39, 0.29) is 5.56 Å². The highest BCUT2D eigenvalue weighted by molar-refractivity contribution is 7.07. The maximum Gasteiger partial charge on any atom is 0.297 e. The third kappa shape index (κ3) is 4.20. The van der Waals surface area contributed by atoms with Gasteiger partial charge in [-0.2, -0.15) is 5.10 Å². The van der Waals surface area contributed by atoms with Gasteiger partial charge in [0.15, 0.2) is 5.69 Å². The Morgan fingerprint density at radius 1 is 0.972 bits per heavy atom. The van der Waals surface area contributed by atoms with Gasteiger partial charge < -0.3 is 4.42 Å². The summed E-state index contributed by atoms with van der Waals surface area (Å²) < 4.78 is 10.8. The predicted octanol–water partition coefficient (Wildman–Crippen LogP) is 5.73. The lowest BCUT2D eigenvalue weighted by Gasteiger charge is -2.07. The third-order valence-corrected chi connectivity index (χ3v) is 7.16. The lowest BCUT2D eigenvalue weighted by atomic mass is 10.1. The first-order valence-electron chi connectivity index (χ1n) is 11.6. The Morgan fingerprint density at radius 2 is 1.75 bits per heavy atom. The minimum atomic E-state index is -0.180. The molecule has 0 saturated carbocycles. The van der Waals surface area contributed by atoms with Crippen molar-refractivity contribution < 1.29 is 4.42 Å². The van der Waals surface area contributed by atoms with Crippen LogP contribution in [0.15, 0.2) is 91.6 Å². The molecule has 5 rings (SSSR count). The van der Waals surface area contributed by atoms with Crippen molar-refractivity contribution in [3.05, 3.63) is 110 Å². The summed E-state index contributed by atoms with van der Waals surface area (Å²) in [6.07, 6.45) is 1.63. The maximum atomic E-state index is 13.5. The molecule has 0 fully saturated rings. The number of aromatic nitrogens is 3. The fourth-order valence-electron chi connectivity index (χ4n) is 4.04. The van der Waals surface area contributed by atoms with Gasteiger partial charge in [-0.25, -0.2) is 14.4 Å². The Kier molecular flexibility index (Phi) is 6.20. The Hall–Kier alpha value is -4.17. The van der Waals surface area contributed by atoms with Crippen LogP contribution in [-0.2, 0) is 7.05 Å². The molecule has 3 aromatic heterocycles. The van der Waals surface area contributed by atoms with E-state index in [1.54, 1.807) is 15.6 Å². The molecule has 8 heteroatoms. The average molecular weight is 498 g/mol. The van der Waals surface area contributed by atoms with Crippen molar-refractivity contribution in [2.45, 2.75) is 27.7 Å².